The summed E-state index contributed by atoms with van der Waals surface area (Å²) in [4.78, 5) is 22.6. The standard InChI is InChI=1S/C27H24N4O5/c1-31(2)26(32)19-14-21(33-3)16-22(15-19)35-25-11-12-29-27(30-25)36-24-13-18(17-28)9-10-23(24)34-20-7-5-4-6-8-20/h4-10,13-16H,11-12H2,1-3H3. The highest BCUT2D eigenvalue weighted by molar-refractivity contribution is 5.96. The molecule has 0 saturated carbocycles. The Hall–Kier alpha value is -4.84. The van der Waals surface area contributed by atoms with E-state index in [4.69, 9.17) is 18.9 Å². The Kier molecular flexibility index (Phi) is 7.46. The van der Waals surface area contributed by atoms with Crippen LogP contribution in [0.25, 0.3) is 0 Å². The molecule has 0 unspecified atom stereocenters. The zero-order chi connectivity index (χ0) is 25.5. The van der Waals surface area contributed by atoms with E-state index in [-0.39, 0.29) is 11.9 Å². The van der Waals surface area contributed by atoms with Crippen LogP contribution in [0.3, 0.4) is 0 Å². The molecule has 0 radical (unpaired) electrons. The first-order valence-electron chi connectivity index (χ1n) is 11.1. The molecule has 0 fully saturated rings. The fourth-order valence-corrected chi connectivity index (χ4v) is 3.30. The number of nitriles is 1. The van der Waals surface area contributed by atoms with Crippen molar-refractivity contribution in [3.05, 3.63) is 77.9 Å². The lowest BCUT2D eigenvalue weighted by atomic mass is 10.2. The molecule has 0 spiro atoms. The second-order valence-corrected chi connectivity index (χ2v) is 7.91. The van der Waals surface area contributed by atoms with E-state index in [1.807, 2.05) is 30.3 Å². The second kappa shape index (κ2) is 11.1. The Morgan fingerprint density at radius 3 is 2.42 bits per heavy atom. The summed E-state index contributed by atoms with van der Waals surface area (Å²) in [5.74, 6) is 2.38. The monoisotopic (exact) mass is 484 g/mol. The Balaban J connectivity index is 1.56. The molecule has 0 saturated heterocycles. The van der Waals surface area contributed by atoms with Gasteiger partial charge in [-0.15, -0.1) is 0 Å². The van der Waals surface area contributed by atoms with Crippen molar-refractivity contribution < 1.29 is 23.7 Å². The van der Waals surface area contributed by atoms with Gasteiger partial charge in [-0.2, -0.15) is 10.3 Å². The van der Waals surface area contributed by atoms with Gasteiger partial charge in [0.2, 0.25) is 5.90 Å². The molecule has 0 aromatic heterocycles. The van der Waals surface area contributed by atoms with Crippen LogP contribution in [-0.4, -0.2) is 50.5 Å². The Morgan fingerprint density at radius 1 is 0.917 bits per heavy atom. The number of amidine groups is 1. The van der Waals surface area contributed by atoms with E-state index in [1.54, 1.807) is 50.5 Å². The summed E-state index contributed by atoms with van der Waals surface area (Å²) in [6.45, 7) is 0.383. The van der Waals surface area contributed by atoms with Gasteiger partial charge in [0, 0.05) is 38.2 Å². The van der Waals surface area contributed by atoms with Gasteiger partial charge >= 0.3 is 6.02 Å². The molecule has 0 N–H and O–H groups in total. The summed E-state index contributed by atoms with van der Waals surface area (Å²) in [6, 6.07) is 21.2. The zero-order valence-corrected chi connectivity index (χ0v) is 20.1. The summed E-state index contributed by atoms with van der Waals surface area (Å²) in [6.07, 6.45) is 0.437. The van der Waals surface area contributed by atoms with Crippen LogP contribution in [-0.2, 0) is 0 Å². The van der Waals surface area contributed by atoms with Gasteiger partial charge in [-0.1, -0.05) is 18.2 Å². The number of hydrogen-bond acceptors (Lipinski definition) is 8. The van der Waals surface area contributed by atoms with Crippen LogP contribution in [0.4, 0.5) is 0 Å². The summed E-state index contributed by atoms with van der Waals surface area (Å²) in [5, 5.41) is 9.33. The zero-order valence-electron chi connectivity index (χ0n) is 20.1. The van der Waals surface area contributed by atoms with Crippen molar-refractivity contribution in [2.24, 2.45) is 9.98 Å². The van der Waals surface area contributed by atoms with E-state index in [2.05, 4.69) is 16.1 Å². The van der Waals surface area contributed by atoms with E-state index >= 15 is 0 Å². The maximum absolute atomic E-state index is 12.4. The molecule has 0 bridgehead atoms. The lowest BCUT2D eigenvalue weighted by Gasteiger charge is -2.17. The van der Waals surface area contributed by atoms with Gasteiger partial charge in [0.1, 0.15) is 17.2 Å². The minimum Gasteiger partial charge on any atom is -0.497 e. The smallest absolute Gasteiger partial charge is 0.320 e. The van der Waals surface area contributed by atoms with E-state index in [0.717, 1.165) is 0 Å². The topological polar surface area (TPSA) is 106 Å². The molecule has 3 aromatic carbocycles. The van der Waals surface area contributed by atoms with Crippen molar-refractivity contribution in [1.82, 2.24) is 4.90 Å². The molecule has 1 amide bonds. The third-order valence-corrected chi connectivity index (χ3v) is 5.04. The number of hydrogen-bond donors (Lipinski definition) is 0. The number of carbonyl (C=O) groups is 1. The van der Waals surface area contributed by atoms with Crippen LogP contribution in [0.15, 0.2) is 76.7 Å². The van der Waals surface area contributed by atoms with E-state index in [9.17, 15) is 10.1 Å². The van der Waals surface area contributed by atoms with E-state index in [0.29, 0.717) is 58.7 Å². The summed E-state index contributed by atoms with van der Waals surface area (Å²) in [5.41, 5.74) is 0.823. The molecule has 1 aliphatic heterocycles. The van der Waals surface area contributed by atoms with Gasteiger partial charge in [-0.25, -0.2) is 4.99 Å². The Morgan fingerprint density at radius 2 is 1.69 bits per heavy atom. The van der Waals surface area contributed by atoms with Crippen LogP contribution in [0, 0.1) is 11.3 Å². The summed E-state index contributed by atoms with van der Waals surface area (Å²) >= 11 is 0. The van der Waals surface area contributed by atoms with Crippen molar-refractivity contribution in [3.8, 4) is 34.8 Å². The molecule has 0 atom stereocenters. The summed E-state index contributed by atoms with van der Waals surface area (Å²) in [7, 11) is 4.86. The SMILES string of the molecule is COc1cc(OC2=NC(Oc3cc(C#N)ccc3Oc3ccccc3)=NCC2)cc(C(=O)N(C)C)c1. The van der Waals surface area contributed by atoms with Gasteiger partial charge in [-0.3, -0.25) is 4.79 Å². The number of para-hydroxylation sites is 1. The highest BCUT2D eigenvalue weighted by atomic mass is 16.5. The van der Waals surface area contributed by atoms with Crippen LogP contribution < -0.4 is 18.9 Å². The molecule has 0 aliphatic carbocycles. The maximum Gasteiger partial charge on any atom is 0.320 e. The first-order valence-corrected chi connectivity index (χ1v) is 11.1. The highest BCUT2D eigenvalue weighted by Crippen LogP contribution is 2.33. The lowest BCUT2D eigenvalue weighted by molar-refractivity contribution is 0.0827. The first-order chi connectivity index (χ1) is 17.4. The third-order valence-electron chi connectivity index (χ3n) is 5.04. The highest BCUT2D eigenvalue weighted by Gasteiger charge is 2.18. The summed E-state index contributed by atoms with van der Waals surface area (Å²) < 4.78 is 23.1. The van der Waals surface area contributed by atoms with Crippen LogP contribution in [0.2, 0.25) is 0 Å². The van der Waals surface area contributed by atoms with Gasteiger partial charge < -0.3 is 23.8 Å². The number of ether oxygens (including phenoxy) is 4. The number of aliphatic imine (C=N–C) groups is 2. The van der Waals surface area contributed by atoms with Crippen LogP contribution >= 0.6 is 0 Å². The van der Waals surface area contributed by atoms with Gasteiger partial charge in [0.15, 0.2) is 11.5 Å². The molecular formula is C27H24N4O5. The van der Waals surface area contributed by atoms with Gasteiger partial charge in [0.05, 0.1) is 25.3 Å². The number of nitrogens with zero attached hydrogens (tertiary/aromatic N) is 4. The molecule has 36 heavy (non-hydrogen) atoms. The van der Waals surface area contributed by atoms with Gasteiger partial charge in [-0.05, 0) is 36.4 Å². The normalized spacial score (nSPS) is 12.5. The van der Waals surface area contributed by atoms with Crippen molar-refractivity contribution in [2.45, 2.75) is 6.42 Å². The van der Waals surface area contributed by atoms with Gasteiger partial charge in [0.25, 0.3) is 5.91 Å². The molecule has 1 heterocycles. The Labute approximate surface area is 208 Å². The van der Waals surface area contributed by atoms with E-state index in [1.165, 1.54) is 12.0 Å². The molecule has 3 aromatic rings. The number of amides is 1. The van der Waals surface area contributed by atoms with E-state index < -0.39 is 0 Å². The predicted octanol–water partition coefficient (Wildman–Crippen LogP) is 4.68. The maximum atomic E-state index is 12.4. The fourth-order valence-electron chi connectivity index (χ4n) is 3.30. The minimum absolute atomic E-state index is 0.0664. The van der Waals surface area contributed by atoms with Crippen molar-refractivity contribution in [3.63, 3.8) is 0 Å². The molecule has 182 valence electrons. The average Bonchev–Trinajstić information content (AvgIpc) is 2.89. The quantitative estimate of drug-likeness (QED) is 0.503. The van der Waals surface area contributed by atoms with Crippen LogP contribution in [0.1, 0.15) is 22.3 Å². The molecule has 4 rings (SSSR count). The number of methoxy groups -OCH3 is 1. The molecule has 1 aliphatic rings. The van der Waals surface area contributed by atoms with Crippen molar-refractivity contribution in [1.29, 1.82) is 5.26 Å². The molecule has 9 nitrogen and oxygen atoms in total. The first kappa shape index (κ1) is 24.3. The predicted molar refractivity (Wildman–Crippen MR) is 134 cm³/mol. The van der Waals surface area contributed by atoms with Crippen LogP contribution in [0.5, 0.6) is 28.7 Å². The molecular weight excluding hydrogens is 460 g/mol. The number of carbonyl (C=O) groups excluding carboxylic acids is 1. The lowest BCUT2D eigenvalue weighted by Crippen LogP contribution is -2.22. The number of benzene rings is 3. The van der Waals surface area contributed by atoms with Crippen molar-refractivity contribution >= 4 is 17.8 Å². The molecule has 9 heteroatoms. The average molecular weight is 485 g/mol. The Bertz CT molecular complexity index is 1360. The largest absolute Gasteiger partial charge is 0.497 e. The second-order valence-electron chi connectivity index (χ2n) is 7.91. The third kappa shape index (κ3) is 5.98. The minimum atomic E-state index is -0.182. The number of rotatable bonds is 6. The fraction of sp³-hybridized carbons (Fsp3) is 0.185. The van der Waals surface area contributed by atoms with Crippen molar-refractivity contribution in [2.75, 3.05) is 27.7 Å².